The van der Waals surface area contributed by atoms with E-state index in [0.29, 0.717) is 11.8 Å². The predicted octanol–water partition coefficient (Wildman–Crippen LogP) is 2.41. The minimum atomic E-state index is -1.83. The Labute approximate surface area is 127 Å². The molecule has 0 bridgehead atoms. The van der Waals surface area contributed by atoms with E-state index in [1.807, 2.05) is 0 Å². The van der Waals surface area contributed by atoms with Gasteiger partial charge in [-0.3, -0.25) is 0 Å². The minimum Gasteiger partial charge on any atom is -0.450 e. The lowest BCUT2D eigenvalue weighted by Crippen LogP contribution is -2.31. The number of hydrogen-bond acceptors (Lipinski definition) is 4. The molecule has 0 saturated heterocycles. The van der Waals surface area contributed by atoms with Gasteiger partial charge >= 0.3 is 6.16 Å². The van der Waals surface area contributed by atoms with Crippen molar-refractivity contribution in [2.45, 2.75) is 65.6 Å². The number of aliphatic hydroxyl groups is 3. The van der Waals surface area contributed by atoms with E-state index in [2.05, 4.69) is 20.8 Å². The highest BCUT2D eigenvalue weighted by Crippen LogP contribution is 2.33. The second kappa shape index (κ2) is 10.8. The third kappa shape index (κ3) is 15.4. The molecule has 5 N–H and O–H groups in total. The van der Waals surface area contributed by atoms with Gasteiger partial charge in [-0.1, -0.05) is 27.2 Å². The van der Waals surface area contributed by atoms with E-state index in [-0.39, 0.29) is 12.7 Å². The maximum Gasteiger partial charge on any atom is 0.503 e. The smallest absolute Gasteiger partial charge is 0.450 e. The molecule has 21 heavy (non-hydrogen) atoms. The molecule has 1 aliphatic carbocycles. The van der Waals surface area contributed by atoms with E-state index >= 15 is 0 Å². The van der Waals surface area contributed by atoms with Crippen LogP contribution in [0.2, 0.25) is 0 Å². The molecule has 1 fully saturated rings. The maximum absolute atomic E-state index is 9.71. The number of hydrogen-bond donors (Lipinski definition) is 5. The Balaban J connectivity index is 0. The largest absolute Gasteiger partial charge is 0.503 e. The van der Waals surface area contributed by atoms with Gasteiger partial charge in [0, 0.05) is 0 Å². The highest BCUT2D eigenvalue weighted by molar-refractivity contribution is 5.53. The number of carboxylic acid groups (broad SMARTS) is 2. The Morgan fingerprint density at radius 1 is 1.24 bits per heavy atom. The quantitative estimate of drug-likeness (QED) is 0.534. The van der Waals surface area contributed by atoms with Gasteiger partial charge in [0.05, 0.1) is 18.3 Å². The summed E-state index contributed by atoms with van der Waals surface area (Å²) in [6, 6.07) is 0. The Bertz CT molecular complexity index is 268. The van der Waals surface area contributed by atoms with Gasteiger partial charge in [-0.15, -0.1) is 0 Å². The minimum absolute atomic E-state index is 0.0289. The van der Waals surface area contributed by atoms with Crippen LogP contribution in [0.15, 0.2) is 0 Å². The molecule has 1 rings (SSSR count). The topological polar surface area (TPSA) is 118 Å². The van der Waals surface area contributed by atoms with Crippen LogP contribution in [0, 0.1) is 17.8 Å². The molecule has 0 spiro atoms. The molecule has 3 unspecified atom stereocenters. The molecule has 0 aromatic rings. The maximum atomic E-state index is 9.71. The van der Waals surface area contributed by atoms with Gasteiger partial charge in [-0.25, -0.2) is 4.79 Å². The molecular weight excluding hydrogens is 276 g/mol. The average Bonchev–Trinajstić information content (AvgIpc) is 2.27. The van der Waals surface area contributed by atoms with Crippen molar-refractivity contribution in [3.8, 4) is 0 Å². The third-order valence-electron chi connectivity index (χ3n) is 3.37. The van der Waals surface area contributed by atoms with Crippen LogP contribution in [0.1, 0.15) is 53.9 Å². The van der Waals surface area contributed by atoms with Crippen LogP contribution >= 0.6 is 0 Å². The Hall–Kier alpha value is -0.850. The molecule has 0 aromatic heterocycles. The van der Waals surface area contributed by atoms with Crippen molar-refractivity contribution in [2.75, 3.05) is 6.61 Å². The van der Waals surface area contributed by atoms with E-state index in [4.69, 9.17) is 25.2 Å². The van der Waals surface area contributed by atoms with Gasteiger partial charge in [0.15, 0.2) is 0 Å². The van der Waals surface area contributed by atoms with Gasteiger partial charge in [0.1, 0.15) is 0 Å². The fourth-order valence-electron chi connectivity index (χ4n) is 2.15. The normalized spacial score (nSPS) is 25.3. The number of carbonyl (C=O) groups is 1. The SMILES string of the molecule is CC(C)(O)CO.CC1CCC(C(C)C)C(O)C1.O=C(O)O. The van der Waals surface area contributed by atoms with Crippen LogP contribution in [0.5, 0.6) is 0 Å². The molecule has 1 saturated carbocycles. The van der Waals surface area contributed by atoms with E-state index < -0.39 is 11.8 Å². The summed E-state index contributed by atoms with van der Waals surface area (Å²) in [4.78, 5) is 8.56. The average molecular weight is 308 g/mol. The highest BCUT2D eigenvalue weighted by atomic mass is 16.6. The molecule has 1 aliphatic rings. The fourth-order valence-corrected chi connectivity index (χ4v) is 2.15. The van der Waals surface area contributed by atoms with Gasteiger partial charge in [-0.05, 0) is 44.4 Å². The summed E-state index contributed by atoms with van der Waals surface area (Å²) in [6.07, 6.45) is 1.68. The van der Waals surface area contributed by atoms with Crippen LogP contribution in [0.4, 0.5) is 4.79 Å². The van der Waals surface area contributed by atoms with E-state index in [9.17, 15) is 5.11 Å². The number of rotatable bonds is 2. The standard InChI is InChI=1S/C10H20O.C4H10O2.CH2O3/c1-7(2)9-5-4-8(3)6-10(9)11;1-4(2,6)3-5;2-1(3)4/h7-11H,4-6H2,1-3H3;5-6H,3H2,1-2H3;(H2,2,3,4). The van der Waals surface area contributed by atoms with Gasteiger partial charge in [0.2, 0.25) is 0 Å². The summed E-state index contributed by atoms with van der Waals surface area (Å²) in [6.45, 7) is 9.58. The van der Waals surface area contributed by atoms with Crippen LogP contribution < -0.4 is 0 Å². The predicted molar refractivity (Wildman–Crippen MR) is 81.4 cm³/mol. The van der Waals surface area contributed by atoms with Crippen molar-refractivity contribution in [1.29, 1.82) is 0 Å². The molecule has 6 nitrogen and oxygen atoms in total. The first-order valence-corrected chi connectivity index (χ1v) is 7.33. The van der Waals surface area contributed by atoms with Gasteiger partial charge < -0.3 is 25.5 Å². The van der Waals surface area contributed by atoms with Gasteiger partial charge in [0.25, 0.3) is 0 Å². The first kappa shape index (κ1) is 22.4. The summed E-state index contributed by atoms with van der Waals surface area (Å²) < 4.78 is 0. The summed E-state index contributed by atoms with van der Waals surface area (Å²) in [7, 11) is 0. The molecule has 0 amide bonds. The van der Waals surface area contributed by atoms with E-state index in [0.717, 1.165) is 12.3 Å². The van der Waals surface area contributed by atoms with Crippen molar-refractivity contribution in [2.24, 2.45) is 17.8 Å². The van der Waals surface area contributed by atoms with Crippen molar-refractivity contribution < 1.29 is 30.3 Å². The molecule has 0 heterocycles. The zero-order valence-electron chi connectivity index (χ0n) is 13.8. The first-order chi connectivity index (χ1) is 9.40. The van der Waals surface area contributed by atoms with Crippen LogP contribution in [-0.2, 0) is 0 Å². The molecule has 0 aliphatic heterocycles. The molecule has 3 atom stereocenters. The summed E-state index contributed by atoms with van der Waals surface area (Å²) in [5.41, 5.74) is -0.903. The molecule has 0 radical (unpaired) electrons. The van der Waals surface area contributed by atoms with E-state index in [1.165, 1.54) is 12.8 Å². The molecule has 0 aromatic carbocycles. The zero-order chi connectivity index (χ0) is 17.2. The lowest BCUT2D eigenvalue weighted by atomic mass is 9.75. The Kier molecular flexibility index (Phi) is 11.6. The van der Waals surface area contributed by atoms with Crippen LogP contribution in [0.25, 0.3) is 0 Å². The summed E-state index contributed by atoms with van der Waals surface area (Å²) in [5.74, 6) is 1.95. The second-order valence-electron chi connectivity index (χ2n) is 6.65. The third-order valence-corrected chi connectivity index (χ3v) is 3.37. The first-order valence-electron chi connectivity index (χ1n) is 7.33. The van der Waals surface area contributed by atoms with Crippen molar-refractivity contribution in [1.82, 2.24) is 0 Å². The van der Waals surface area contributed by atoms with Crippen LogP contribution in [-0.4, -0.2) is 50.0 Å². The van der Waals surface area contributed by atoms with Crippen molar-refractivity contribution in [3.05, 3.63) is 0 Å². The van der Waals surface area contributed by atoms with Gasteiger partial charge in [-0.2, -0.15) is 0 Å². The molecule has 128 valence electrons. The monoisotopic (exact) mass is 308 g/mol. The zero-order valence-corrected chi connectivity index (χ0v) is 13.8. The Morgan fingerprint density at radius 3 is 1.86 bits per heavy atom. The van der Waals surface area contributed by atoms with E-state index in [1.54, 1.807) is 13.8 Å². The number of aliphatic hydroxyl groups excluding tert-OH is 2. The lowest BCUT2D eigenvalue weighted by Gasteiger charge is -2.33. The fraction of sp³-hybridized carbons (Fsp3) is 0.933. The summed E-state index contributed by atoms with van der Waals surface area (Å²) in [5, 5.41) is 40.4. The van der Waals surface area contributed by atoms with Crippen molar-refractivity contribution in [3.63, 3.8) is 0 Å². The molecule has 6 heteroatoms. The molecular formula is C15H32O6. The lowest BCUT2D eigenvalue weighted by molar-refractivity contribution is 0.0183. The highest BCUT2D eigenvalue weighted by Gasteiger charge is 2.28. The Morgan fingerprint density at radius 2 is 1.62 bits per heavy atom. The second-order valence-corrected chi connectivity index (χ2v) is 6.65. The summed E-state index contributed by atoms with van der Waals surface area (Å²) >= 11 is 0. The van der Waals surface area contributed by atoms with Crippen LogP contribution in [0.3, 0.4) is 0 Å². The van der Waals surface area contributed by atoms with Crippen molar-refractivity contribution >= 4 is 6.16 Å².